The molecule has 27 heavy (non-hydrogen) atoms. The first kappa shape index (κ1) is 17.0. The number of nitrogens with two attached hydrogens (primary N) is 1. The quantitative estimate of drug-likeness (QED) is 0.706. The van der Waals surface area contributed by atoms with Gasteiger partial charge in [0.05, 0.1) is 18.1 Å². The van der Waals surface area contributed by atoms with Crippen LogP contribution in [0.4, 0.5) is 5.82 Å². The number of anilines is 1. The molecule has 1 saturated heterocycles. The maximum Gasteiger partial charge on any atom is 0.347 e. The van der Waals surface area contributed by atoms with Crippen molar-refractivity contribution in [1.29, 1.82) is 0 Å². The van der Waals surface area contributed by atoms with E-state index in [1.54, 1.807) is 10.8 Å². The van der Waals surface area contributed by atoms with Gasteiger partial charge in [-0.1, -0.05) is 18.2 Å². The molecular weight excluding hydrogens is 346 g/mol. The molecule has 1 aliphatic heterocycles. The lowest BCUT2D eigenvalue weighted by atomic mass is 9.97. The van der Waals surface area contributed by atoms with Crippen molar-refractivity contribution in [3.8, 4) is 5.69 Å². The summed E-state index contributed by atoms with van der Waals surface area (Å²) in [5, 5.41) is 6.84. The number of nitrogens with zero attached hydrogens (tertiary/aromatic N) is 5. The number of aromatic nitrogens is 5. The van der Waals surface area contributed by atoms with Crippen LogP contribution in [0.25, 0.3) is 5.69 Å². The van der Waals surface area contributed by atoms with Crippen molar-refractivity contribution in [2.45, 2.75) is 18.8 Å². The first-order valence-electron chi connectivity index (χ1n) is 8.73. The molecule has 0 saturated carbocycles. The molecule has 2 aromatic heterocycles. The van der Waals surface area contributed by atoms with Crippen molar-refractivity contribution >= 4 is 11.7 Å². The third kappa shape index (κ3) is 3.31. The second-order valence-electron chi connectivity index (χ2n) is 6.47. The lowest BCUT2D eigenvalue weighted by Crippen LogP contribution is -2.36. The maximum atomic E-state index is 12.3. The lowest BCUT2D eigenvalue weighted by Gasteiger charge is -2.33. The van der Waals surface area contributed by atoms with Crippen LogP contribution in [0.1, 0.15) is 35.1 Å². The van der Waals surface area contributed by atoms with Gasteiger partial charge in [0.1, 0.15) is 17.3 Å². The van der Waals surface area contributed by atoms with E-state index < -0.39 is 5.91 Å². The Hall–Kier alpha value is -3.49. The Balaban J connectivity index is 1.64. The normalized spacial score (nSPS) is 17.0. The van der Waals surface area contributed by atoms with Crippen molar-refractivity contribution in [3.63, 3.8) is 0 Å². The predicted octanol–water partition coefficient (Wildman–Crippen LogP) is 0.833. The summed E-state index contributed by atoms with van der Waals surface area (Å²) in [6, 6.07) is 9.43. The minimum absolute atomic E-state index is 0.0388. The molecule has 0 bridgehead atoms. The second kappa shape index (κ2) is 7.02. The monoisotopic (exact) mass is 365 g/mol. The van der Waals surface area contributed by atoms with Gasteiger partial charge in [-0.3, -0.25) is 9.78 Å². The average Bonchev–Trinajstić information content (AvgIpc) is 3.10. The fourth-order valence-electron chi connectivity index (χ4n) is 3.43. The highest BCUT2D eigenvalue weighted by Crippen LogP contribution is 2.28. The van der Waals surface area contributed by atoms with Gasteiger partial charge in [0, 0.05) is 19.0 Å². The molecule has 1 aliphatic rings. The van der Waals surface area contributed by atoms with Crippen molar-refractivity contribution in [2.24, 2.45) is 5.73 Å². The molecule has 0 radical (unpaired) electrons. The van der Waals surface area contributed by atoms with E-state index in [1.807, 2.05) is 35.2 Å². The van der Waals surface area contributed by atoms with Crippen molar-refractivity contribution in [3.05, 3.63) is 64.7 Å². The van der Waals surface area contributed by atoms with Gasteiger partial charge in [0.25, 0.3) is 5.91 Å². The molecule has 3 heterocycles. The van der Waals surface area contributed by atoms with Gasteiger partial charge in [0.2, 0.25) is 0 Å². The third-order valence-corrected chi connectivity index (χ3v) is 4.70. The third-order valence-electron chi connectivity index (χ3n) is 4.70. The van der Waals surface area contributed by atoms with E-state index in [-0.39, 0.29) is 17.3 Å². The minimum Gasteiger partial charge on any atom is -0.364 e. The van der Waals surface area contributed by atoms with Crippen LogP contribution in [0.2, 0.25) is 0 Å². The van der Waals surface area contributed by atoms with E-state index in [1.165, 1.54) is 6.20 Å². The van der Waals surface area contributed by atoms with Crippen molar-refractivity contribution in [1.82, 2.24) is 24.7 Å². The van der Waals surface area contributed by atoms with Gasteiger partial charge < -0.3 is 10.6 Å². The van der Waals surface area contributed by atoms with E-state index in [9.17, 15) is 9.59 Å². The summed E-state index contributed by atoms with van der Waals surface area (Å²) in [6.45, 7) is 1.40. The van der Waals surface area contributed by atoms with Crippen LogP contribution in [0, 0.1) is 0 Å². The van der Waals surface area contributed by atoms with Gasteiger partial charge in [0.15, 0.2) is 0 Å². The van der Waals surface area contributed by atoms with Crippen LogP contribution in [0.15, 0.2) is 47.5 Å². The number of aromatic amines is 1. The molecule has 1 amide bonds. The molecule has 4 rings (SSSR count). The van der Waals surface area contributed by atoms with Crippen LogP contribution < -0.4 is 16.3 Å². The fraction of sp³-hybridized carbons (Fsp3) is 0.278. The topological polar surface area (TPSA) is 123 Å². The predicted molar refractivity (Wildman–Crippen MR) is 98.9 cm³/mol. The van der Waals surface area contributed by atoms with Crippen LogP contribution in [-0.4, -0.2) is 43.7 Å². The van der Waals surface area contributed by atoms with Gasteiger partial charge >= 0.3 is 5.69 Å². The highest BCUT2D eigenvalue weighted by Gasteiger charge is 2.27. The number of hydrogen-bond donors (Lipinski definition) is 2. The van der Waals surface area contributed by atoms with Crippen LogP contribution in [0.3, 0.4) is 0 Å². The Bertz CT molecular complexity index is 1010. The Labute approximate surface area is 154 Å². The van der Waals surface area contributed by atoms with E-state index in [2.05, 4.69) is 20.2 Å². The number of hydrogen-bond acceptors (Lipinski definition) is 6. The van der Waals surface area contributed by atoms with E-state index in [4.69, 9.17) is 5.73 Å². The number of nitrogens with one attached hydrogen (secondary N) is 1. The highest BCUT2D eigenvalue weighted by molar-refractivity contribution is 5.90. The summed E-state index contributed by atoms with van der Waals surface area (Å²) in [7, 11) is 0. The molecule has 1 fully saturated rings. The molecule has 1 aromatic carbocycles. The van der Waals surface area contributed by atoms with E-state index >= 15 is 0 Å². The molecule has 9 heteroatoms. The summed E-state index contributed by atoms with van der Waals surface area (Å²) < 4.78 is 1.61. The first-order chi connectivity index (χ1) is 13.1. The van der Waals surface area contributed by atoms with E-state index in [0.717, 1.165) is 25.1 Å². The standard InChI is InChI=1S/C18H19N7O2/c19-16(26)14-9-20-10-15(21-14)24-8-4-5-12(11-24)17-22-23-18(27)25(17)13-6-2-1-3-7-13/h1-3,6-7,9-10,12H,4-5,8,11H2,(H2,19,26)(H,23,27)/t12-/m0/s1. The number of piperidine rings is 1. The zero-order valence-corrected chi connectivity index (χ0v) is 14.6. The maximum absolute atomic E-state index is 12.3. The zero-order valence-electron chi connectivity index (χ0n) is 14.6. The summed E-state index contributed by atoms with van der Waals surface area (Å²) in [5.74, 6) is 0.718. The van der Waals surface area contributed by atoms with Gasteiger partial charge in [-0.2, -0.15) is 5.10 Å². The number of amides is 1. The summed E-state index contributed by atoms with van der Waals surface area (Å²) >= 11 is 0. The Morgan fingerprint density at radius 3 is 2.81 bits per heavy atom. The molecule has 0 aliphatic carbocycles. The lowest BCUT2D eigenvalue weighted by molar-refractivity contribution is 0.0995. The molecule has 3 aromatic rings. The Morgan fingerprint density at radius 1 is 1.22 bits per heavy atom. The summed E-state index contributed by atoms with van der Waals surface area (Å²) in [5.41, 5.74) is 5.96. The Kier molecular flexibility index (Phi) is 4.41. The minimum atomic E-state index is -0.608. The molecule has 138 valence electrons. The van der Waals surface area contributed by atoms with Gasteiger partial charge in [-0.15, -0.1) is 0 Å². The highest BCUT2D eigenvalue weighted by atomic mass is 16.2. The number of carbonyl (C=O) groups excluding carboxylic acids is 1. The number of rotatable bonds is 4. The fourth-order valence-corrected chi connectivity index (χ4v) is 3.43. The summed E-state index contributed by atoms with van der Waals surface area (Å²) in [4.78, 5) is 34.1. The SMILES string of the molecule is NC(=O)c1cncc(N2CCC[C@H](c3n[nH]c(=O)n3-c3ccccc3)C2)n1. The van der Waals surface area contributed by atoms with Crippen LogP contribution in [0.5, 0.6) is 0 Å². The average molecular weight is 365 g/mol. The Morgan fingerprint density at radius 2 is 2.04 bits per heavy atom. The molecule has 0 unspecified atom stereocenters. The van der Waals surface area contributed by atoms with Crippen LogP contribution in [-0.2, 0) is 0 Å². The number of H-pyrrole nitrogens is 1. The molecule has 0 spiro atoms. The molecule has 9 nitrogen and oxygen atoms in total. The molecule has 3 N–H and O–H groups in total. The summed E-state index contributed by atoms with van der Waals surface area (Å²) in [6.07, 6.45) is 4.78. The first-order valence-corrected chi connectivity index (χ1v) is 8.73. The number of carbonyl (C=O) groups is 1. The van der Waals surface area contributed by atoms with Gasteiger partial charge in [-0.05, 0) is 25.0 Å². The number of para-hydroxylation sites is 1. The van der Waals surface area contributed by atoms with Gasteiger partial charge in [-0.25, -0.2) is 19.4 Å². The zero-order chi connectivity index (χ0) is 18.8. The smallest absolute Gasteiger partial charge is 0.347 e. The molecule has 1 atom stereocenters. The number of benzene rings is 1. The van der Waals surface area contributed by atoms with E-state index in [0.29, 0.717) is 18.2 Å². The van der Waals surface area contributed by atoms with Crippen molar-refractivity contribution in [2.75, 3.05) is 18.0 Å². The van der Waals surface area contributed by atoms with Crippen LogP contribution >= 0.6 is 0 Å². The molecular formula is C18H19N7O2. The number of primary amides is 1. The van der Waals surface area contributed by atoms with Crippen molar-refractivity contribution < 1.29 is 4.79 Å². The second-order valence-corrected chi connectivity index (χ2v) is 6.47. The largest absolute Gasteiger partial charge is 0.364 e.